The van der Waals surface area contributed by atoms with Crippen LogP contribution in [-0.4, -0.2) is 73.7 Å². The molecule has 1 aromatic carbocycles. The van der Waals surface area contributed by atoms with Gasteiger partial charge in [0.2, 0.25) is 0 Å². The van der Waals surface area contributed by atoms with E-state index in [0.29, 0.717) is 53.1 Å². The first-order valence-electron chi connectivity index (χ1n) is 19.8. The van der Waals surface area contributed by atoms with Crippen LogP contribution in [0.15, 0.2) is 48.6 Å². The van der Waals surface area contributed by atoms with Crippen LogP contribution in [0, 0.1) is 36.5 Å². The van der Waals surface area contributed by atoms with E-state index in [4.69, 9.17) is 39.6 Å². The maximum Gasteiger partial charge on any atom is 0.163 e. The number of ether oxygens (including phenoxy) is 4. The molecule has 7 nitrogen and oxygen atoms in total. The third-order valence-electron chi connectivity index (χ3n) is 9.91. The van der Waals surface area contributed by atoms with Gasteiger partial charge in [0.25, 0.3) is 0 Å². The average Bonchev–Trinajstić information content (AvgIpc) is 3.60. The van der Waals surface area contributed by atoms with E-state index in [1.165, 1.54) is 11.1 Å². The molecule has 0 aliphatic carbocycles. The van der Waals surface area contributed by atoms with Gasteiger partial charge in [-0.05, 0) is 89.0 Å². The first-order valence-corrected chi connectivity index (χ1v) is 22.6. The highest BCUT2D eigenvalue weighted by Crippen LogP contribution is 2.36. The van der Waals surface area contributed by atoms with E-state index in [0.717, 1.165) is 38.0 Å². The average molecular weight is 803 g/mol. The molecule has 308 valence electrons. The van der Waals surface area contributed by atoms with Gasteiger partial charge < -0.3 is 33.1 Å². The minimum absolute atomic E-state index is 0.0395. The molecule has 12 atom stereocenters. The van der Waals surface area contributed by atoms with Gasteiger partial charge in [0.1, 0.15) is 12.2 Å². The minimum Gasteiger partial charge on any atom is -0.386 e. The Labute approximate surface area is 333 Å². The number of hydrogen-bond donors (Lipinski definition) is 1. The molecule has 0 saturated carbocycles. The van der Waals surface area contributed by atoms with Crippen molar-refractivity contribution in [3.05, 3.63) is 59.7 Å². The second-order valence-electron chi connectivity index (χ2n) is 15.9. The van der Waals surface area contributed by atoms with Crippen LogP contribution in [0.5, 0.6) is 0 Å². The Morgan fingerprint density at radius 1 is 0.755 bits per heavy atom. The first kappa shape index (κ1) is 50.6. The normalized spacial score (nSPS) is 26.0. The zero-order valence-electron chi connectivity index (χ0n) is 35.6. The molecule has 0 bridgehead atoms. The van der Waals surface area contributed by atoms with E-state index in [1.807, 2.05) is 45.9 Å². The molecule has 2 fully saturated rings. The molecule has 0 amide bonds. The van der Waals surface area contributed by atoms with E-state index in [-0.39, 0.29) is 24.4 Å². The van der Waals surface area contributed by atoms with Crippen molar-refractivity contribution in [3.63, 3.8) is 0 Å². The van der Waals surface area contributed by atoms with Crippen LogP contribution in [0.25, 0.3) is 0 Å². The summed E-state index contributed by atoms with van der Waals surface area (Å²) in [6.45, 7) is 25.4. The summed E-state index contributed by atoms with van der Waals surface area (Å²) in [6.07, 6.45) is 14.3. The Bertz CT molecular complexity index is 1100. The lowest BCUT2D eigenvalue weighted by Crippen LogP contribution is -2.34. The van der Waals surface area contributed by atoms with Crippen LogP contribution in [0.1, 0.15) is 113 Å². The zero-order valence-corrected chi connectivity index (χ0v) is 38.4. The van der Waals surface area contributed by atoms with Crippen molar-refractivity contribution < 1.29 is 33.1 Å². The van der Waals surface area contributed by atoms with Gasteiger partial charge in [-0.2, -0.15) is 0 Å². The highest BCUT2D eigenvalue weighted by molar-refractivity contribution is 7.32. The molecule has 3 rings (SSSR count). The van der Waals surface area contributed by atoms with Gasteiger partial charge in [-0.15, -0.1) is 11.6 Å². The number of allylic oxidation sites excluding steroid dienone is 2. The van der Waals surface area contributed by atoms with Crippen LogP contribution >= 0.6 is 29.2 Å². The molecule has 2 saturated heterocycles. The smallest absolute Gasteiger partial charge is 0.163 e. The molecule has 0 spiro atoms. The summed E-state index contributed by atoms with van der Waals surface area (Å²) in [5.74, 6) is 2.06. The molecule has 2 aliphatic rings. The quantitative estimate of drug-likeness (QED) is 0.0848. The maximum absolute atomic E-state index is 10.5. The van der Waals surface area contributed by atoms with E-state index >= 15 is 0 Å². The van der Waals surface area contributed by atoms with Gasteiger partial charge in [0, 0.05) is 43.6 Å². The van der Waals surface area contributed by atoms with Gasteiger partial charge in [-0.25, -0.2) is 0 Å². The lowest BCUT2D eigenvalue weighted by atomic mass is 9.92. The summed E-state index contributed by atoms with van der Waals surface area (Å²) in [7, 11) is 4.66. The van der Waals surface area contributed by atoms with Gasteiger partial charge >= 0.3 is 0 Å². The molecule has 1 N–H and O–H groups in total. The van der Waals surface area contributed by atoms with E-state index in [2.05, 4.69) is 85.8 Å². The van der Waals surface area contributed by atoms with Crippen LogP contribution in [0.4, 0.5) is 0 Å². The third kappa shape index (κ3) is 20.0. The lowest BCUT2D eigenvalue weighted by Gasteiger charge is -2.22. The minimum atomic E-state index is -0.627. The third-order valence-corrected chi connectivity index (χ3v) is 12.4. The number of rotatable bonds is 19. The van der Waals surface area contributed by atoms with Crippen molar-refractivity contribution in [3.8, 4) is 0 Å². The van der Waals surface area contributed by atoms with Crippen LogP contribution < -0.4 is 0 Å². The molecule has 0 radical (unpaired) electrons. The van der Waals surface area contributed by atoms with Crippen molar-refractivity contribution >= 4 is 29.2 Å². The number of aliphatic hydroxyl groups excluding tert-OH is 1. The van der Waals surface area contributed by atoms with Crippen molar-refractivity contribution in [1.29, 1.82) is 0 Å². The molecular formula is C43H77ClO7P2. The number of aliphatic hydroxyl groups is 1. The fourth-order valence-corrected chi connectivity index (χ4v) is 8.08. The Kier molecular flexibility index (Phi) is 25.3. The molecule has 4 unspecified atom stereocenters. The SMILES string of the molecule is CCC[C@@H]1OC(C)(C)O[C@@H]1C(C)/C=C\[C@@H](C)[C@@H](C)CPOC.CCC[C@@H]1OC(C)(C)O[C@@H]1C(O)/C=C\[C@@H](C)[C@@H](C)CPOC.Cc1cccc(CCl)c1. The summed E-state index contributed by atoms with van der Waals surface area (Å²) < 4.78 is 34.3. The summed E-state index contributed by atoms with van der Waals surface area (Å²) in [5.41, 5.74) is 2.46. The summed E-state index contributed by atoms with van der Waals surface area (Å²) in [6, 6.07) is 8.20. The number of hydrogen-bond acceptors (Lipinski definition) is 7. The van der Waals surface area contributed by atoms with Crippen molar-refractivity contribution in [2.24, 2.45) is 29.6 Å². The topological polar surface area (TPSA) is 75.6 Å². The Balaban J connectivity index is 0.000000430. The van der Waals surface area contributed by atoms with Crippen molar-refractivity contribution in [1.82, 2.24) is 0 Å². The van der Waals surface area contributed by atoms with Crippen LogP contribution in [-0.2, 0) is 33.9 Å². The summed E-state index contributed by atoms with van der Waals surface area (Å²) in [4.78, 5) is 0. The van der Waals surface area contributed by atoms with E-state index < -0.39 is 17.7 Å². The number of aryl methyl sites for hydroxylation is 1. The monoisotopic (exact) mass is 802 g/mol. The fraction of sp³-hybridized carbons (Fsp3) is 0.767. The number of benzene rings is 1. The second-order valence-corrected chi connectivity index (χ2v) is 18.4. The van der Waals surface area contributed by atoms with Crippen LogP contribution in [0.2, 0.25) is 0 Å². The molecule has 1 aromatic rings. The molecule has 0 aromatic heterocycles. The van der Waals surface area contributed by atoms with Gasteiger partial charge in [0.15, 0.2) is 11.6 Å². The number of halogens is 1. The number of alkyl halides is 1. The standard InChI is InChI=1S/C18H35O3P.C17H33O4P.C8H9Cl/c1-8-9-16-17(21-18(5,6)20-16)14(3)11-10-13(2)15(4)12-22-19-7;1-7-8-15-16(21-17(4,5)20-15)14(18)10-9-12(2)13(3)11-22-19-6;1-7-3-2-4-8(5-7)6-9/h10-11,13-17,22H,8-9,12H2,1-7H3;9-10,12-16,18,22H,7-8,11H2,1-6H3;2-5H,6H2,1H3/b11-10-;10-9-;/t13-,14?,15+,16+,17-;12-,13+,14?,15+,16-;/m11./s1. The Morgan fingerprint density at radius 3 is 1.66 bits per heavy atom. The van der Waals surface area contributed by atoms with Crippen molar-refractivity contribution in [2.45, 2.75) is 157 Å². The Morgan fingerprint density at radius 2 is 1.23 bits per heavy atom. The molecule has 2 heterocycles. The predicted octanol–water partition coefficient (Wildman–Crippen LogP) is 11.5. The van der Waals surface area contributed by atoms with Crippen LogP contribution in [0.3, 0.4) is 0 Å². The fourth-order valence-electron chi connectivity index (χ4n) is 6.31. The second kappa shape index (κ2) is 26.5. The van der Waals surface area contributed by atoms with Gasteiger partial charge in [0.05, 0.1) is 18.3 Å². The van der Waals surface area contributed by atoms with Gasteiger partial charge in [-0.3, -0.25) is 0 Å². The summed E-state index contributed by atoms with van der Waals surface area (Å²) in [5, 5.41) is 10.5. The molecule has 10 heteroatoms. The molecule has 2 aliphatic heterocycles. The first-order chi connectivity index (χ1) is 24.9. The zero-order chi connectivity index (χ0) is 40.2. The molecule has 53 heavy (non-hydrogen) atoms. The lowest BCUT2D eigenvalue weighted by molar-refractivity contribution is -0.153. The maximum atomic E-state index is 10.5. The highest BCUT2D eigenvalue weighted by Gasteiger charge is 2.44. The van der Waals surface area contributed by atoms with E-state index in [9.17, 15) is 5.11 Å². The molecular weight excluding hydrogens is 726 g/mol. The van der Waals surface area contributed by atoms with Gasteiger partial charge in [-0.1, -0.05) is 115 Å². The predicted molar refractivity (Wildman–Crippen MR) is 229 cm³/mol. The summed E-state index contributed by atoms with van der Waals surface area (Å²) >= 11 is 5.60. The van der Waals surface area contributed by atoms with Crippen molar-refractivity contribution in [2.75, 3.05) is 26.5 Å². The highest BCUT2D eigenvalue weighted by atomic mass is 35.5. The van der Waals surface area contributed by atoms with E-state index in [1.54, 1.807) is 14.2 Å². The largest absolute Gasteiger partial charge is 0.386 e. The Hall–Kier alpha value is -0.430.